The molecule has 0 amide bonds. The Kier molecular flexibility index (Phi) is 10.0. The van der Waals surface area contributed by atoms with E-state index in [-0.39, 0.29) is 6.10 Å². The zero-order valence-electron chi connectivity index (χ0n) is 18.7. The molecule has 0 aliphatic carbocycles. The van der Waals surface area contributed by atoms with E-state index >= 15 is 0 Å². The first-order valence-electron chi connectivity index (χ1n) is 11.4. The number of nitrogens with zero attached hydrogens (tertiary/aromatic N) is 3. The van der Waals surface area contributed by atoms with Crippen LogP contribution >= 0.6 is 23.8 Å². The lowest BCUT2D eigenvalue weighted by atomic mass is 10.1. The van der Waals surface area contributed by atoms with Gasteiger partial charge in [0.2, 0.25) is 0 Å². The summed E-state index contributed by atoms with van der Waals surface area (Å²) >= 11 is 11.3. The molecule has 4 nitrogen and oxygen atoms in total. The molecule has 32 heavy (non-hydrogen) atoms. The summed E-state index contributed by atoms with van der Waals surface area (Å²) < 4.78 is 8.45. The molecule has 0 aliphatic rings. The third kappa shape index (κ3) is 7.95. The molecular formula is C26H32ClN3OS. The number of rotatable bonds is 14. The summed E-state index contributed by atoms with van der Waals surface area (Å²) in [5.41, 5.74) is 4.11. The fraction of sp³-hybridized carbons (Fsp3) is 0.385. The molecule has 2 aromatic carbocycles. The SMILES string of the molecule is CCCCCCN(C=S)c1ccc(OC(CCc2ccc(Cl)cc2)Cn2ccnc2)cc1. The topological polar surface area (TPSA) is 30.3 Å². The predicted octanol–water partition coefficient (Wildman–Crippen LogP) is 6.96. The van der Waals surface area contributed by atoms with Gasteiger partial charge in [0.25, 0.3) is 0 Å². The summed E-state index contributed by atoms with van der Waals surface area (Å²) in [5, 5.41) is 0.760. The number of hydrogen-bond donors (Lipinski definition) is 0. The molecule has 1 heterocycles. The standard InChI is InChI=1S/C26H32ClN3OS/c1-2-3-4-5-17-30(21-32)24-11-14-25(15-12-24)31-26(19-29-18-16-28-20-29)13-8-22-6-9-23(27)10-7-22/h6-7,9-12,14-16,18,20-21,26H,2-5,8,13,17,19H2,1H3. The quantitative estimate of drug-likeness (QED) is 0.188. The number of halogens is 1. The van der Waals surface area contributed by atoms with Crippen LogP contribution in [0, 0.1) is 0 Å². The van der Waals surface area contributed by atoms with Crippen LogP contribution in [0.3, 0.4) is 0 Å². The first kappa shape index (κ1) is 24.3. The van der Waals surface area contributed by atoms with Gasteiger partial charge in [-0.3, -0.25) is 0 Å². The number of hydrogen-bond acceptors (Lipinski definition) is 3. The van der Waals surface area contributed by atoms with Crippen LogP contribution in [0.4, 0.5) is 5.69 Å². The van der Waals surface area contributed by atoms with E-state index < -0.39 is 0 Å². The van der Waals surface area contributed by atoms with Gasteiger partial charge in [-0.25, -0.2) is 4.98 Å². The van der Waals surface area contributed by atoms with Crippen LogP contribution in [0.15, 0.2) is 67.3 Å². The summed E-state index contributed by atoms with van der Waals surface area (Å²) in [6.07, 6.45) is 12.3. The third-order valence-electron chi connectivity index (χ3n) is 5.49. The largest absolute Gasteiger partial charge is 0.489 e. The van der Waals surface area contributed by atoms with Crippen LogP contribution < -0.4 is 9.64 Å². The van der Waals surface area contributed by atoms with E-state index in [1.165, 1.54) is 24.8 Å². The van der Waals surface area contributed by atoms with Gasteiger partial charge in [0.15, 0.2) is 0 Å². The van der Waals surface area contributed by atoms with Crippen molar-refractivity contribution in [1.29, 1.82) is 0 Å². The Bertz CT molecular complexity index is 913. The van der Waals surface area contributed by atoms with E-state index in [0.717, 1.165) is 48.8 Å². The first-order valence-corrected chi connectivity index (χ1v) is 12.2. The molecule has 0 saturated carbocycles. The summed E-state index contributed by atoms with van der Waals surface area (Å²) in [6, 6.07) is 16.3. The van der Waals surface area contributed by atoms with Crippen LogP contribution in [0.5, 0.6) is 5.75 Å². The molecule has 0 saturated heterocycles. The molecule has 170 valence electrons. The molecule has 1 unspecified atom stereocenters. The molecule has 0 fully saturated rings. The number of anilines is 1. The molecule has 6 heteroatoms. The molecule has 0 aliphatic heterocycles. The number of aryl methyl sites for hydroxylation is 1. The summed E-state index contributed by atoms with van der Waals surface area (Å²) in [7, 11) is 0. The smallest absolute Gasteiger partial charge is 0.119 e. The van der Waals surface area contributed by atoms with E-state index in [1.54, 1.807) is 11.7 Å². The van der Waals surface area contributed by atoms with Gasteiger partial charge in [-0.15, -0.1) is 0 Å². The van der Waals surface area contributed by atoms with Crippen molar-refractivity contribution >= 4 is 35.0 Å². The highest BCUT2D eigenvalue weighted by molar-refractivity contribution is 7.79. The summed E-state index contributed by atoms with van der Waals surface area (Å²) in [4.78, 5) is 6.30. The lowest BCUT2D eigenvalue weighted by Crippen LogP contribution is -2.24. The third-order valence-corrected chi connectivity index (χ3v) is 6.00. The van der Waals surface area contributed by atoms with E-state index in [0.29, 0.717) is 0 Å². The van der Waals surface area contributed by atoms with Crippen molar-refractivity contribution in [3.63, 3.8) is 0 Å². The van der Waals surface area contributed by atoms with Gasteiger partial charge < -0.3 is 14.2 Å². The maximum absolute atomic E-state index is 6.39. The Morgan fingerprint density at radius 3 is 2.53 bits per heavy atom. The highest BCUT2D eigenvalue weighted by atomic mass is 35.5. The Hall–Kier alpha value is -2.37. The minimum atomic E-state index is 0.0291. The van der Waals surface area contributed by atoms with Gasteiger partial charge in [-0.1, -0.05) is 62.1 Å². The van der Waals surface area contributed by atoms with Gasteiger partial charge in [0.05, 0.1) is 18.4 Å². The van der Waals surface area contributed by atoms with Crippen LogP contribution in [0.1, 0.15) is 44.6 Å². The molecular weight excluding hydrogens is 438 g/mol. The van der Waals surface area contributed by atoms with Gasteiger partial charge in [0, 0.05) is 29.6 Å². The lowest BCUT2D eigenvalue weighted by Gasteiger charge is -2.22. The van der Waals surface area contributed by atoms with Crippen molar-refractivity contribution in [2.24, 2.45) is 0 Å². The molecule has 3 rings (SSSR count). The number of benzene rings is 2. The fourth-order valence-electron chi connectivity index (χ4n) is 3.66. The second kappa shape index (κ2) is 13.2. The van der Waals surface area contributed by atoms with Crippen molar-refractivity contribution in [1.82, 2.24) is 9.55 Å². The van der Waals surface area contributed by atoms with Crippen molar-refractivity contribution in [2.75, 3.05) is 11.4 Å². The average Bonchev–Trinajstić information content (AvgIpc) is 3.32. The second-order valence-electron chi connectivity index (χ2n) is 8.02. The zero-order valence-corrected chi connectivity index (χ0v) is 20.3. The molecule has 0 spiro atoms. The minimum Gasteiger partial charge on any atom is -0.489 e. The number of thiocarbonyl (C=S) groups is 1. The molecule has 3 aromatic rings. The number of unbranched alkanes of at least 4 members (excludes halogenated alkanes) is 3. The Labute approximate surface area is 202 Å². The van der Waals surface area contributed by atoms with E-state index in [9.17, 15) is 0 Å². The molecule has 0 N–H and O–H groups in total. The lowest BCUT2D eigenvalue weighted by molar-refractivity contribution is 0.170. The van der Waals surface area contributed by atoms with E-state index in [1.807, 2.05) is 36.8 Å². The Morgan fingerprint density at radius 2 is 1.88 bits per heavy atom. The van der Waals surface area contributed by atoms with Gasteiger partial charge in [-0.2, -0.15) is 0 Å². The monoisotopic (exact) mass is 469 g/mol. The van der Waals surface area contributed by atoms with Crippen LogP contribution in [0.2, 0.25) is 5.02 Å². The Balaban J connectivity index is 1.61. The van der Waals surface area contributed by atoms with Gasteiger partial charge in [-0.05, 0) is 61.2 Å². The first-order chi connectivity index (χ1) is 15.7. The van der Waals surface area contributed by atoms with Crippen molar-refractivity contribution < 1.29 is 4.74 Å². The minimum absolute atomic E-state index is 0.0291. The van der Waals surface area contributed by atoms with Gasteiger partial charge >= 0.3 is 0 Å². The zero-order chi connectivity index (χ0) is 22.6. The summed E-state index contributed by atoms with van der Waals surface area (Å²) in [6.45, 7) is 3.93. The van der Waals surface area contributed by atoms with Crippen molar-refractivity contribution in [3.8, 4) is 5.75 Å². The van der Waals surface area contributed by atoms with Gasteiger partial charge in [0.1, 0.15) is 11.9 Å². The Morgan fingerprint density at radius 1 is 1.09 bits per heavy atom. The normalized spacial score (nSPS) is 11.8. The number of ether oxygens (including phenoxy) is 1. The van der Waals surface area contributed by atoms with Crippen LogP contribution in [-0.2, 0) is 13.0 Å². The number of aromatic nitrogens is 2. The second-order valence-corrected chi connectivity index (χ2v) is 8.67. The van der Waals surface area contributed by atoms with E-state index in [2.05, 4.69) is 45.6 Å². The highest BCUT2D eigenvalue weighted by Crippen LogP contribution is 2.22. The highest BCUT2D eigenvalue weighted by Gasteiger charge is 2.13. The molecule has 0 radical (unpaired) electrons. The molecule has 1 atom stereocenters. The van der Waals surface area contributed by atoms with E-state index in [4.69, 9.17) is 28.6 Å². The number of imidazole rings is 1. The predicted molar refractivity (Wildman–Crippen MR) is 138 cm³/mol. The van der Waals surface area contributed by atoms with Crippen LogP contribution in [0.25, 0.3) is 0 Å². The molecule has 0 bridgehead atoms. The molecule has 1 aromatic heterocycles. The maximum Gasteiger partial charge on any atom is 0.119 e. The van der Waals surface area contributed by atoms with Crippen LogP contribution in [-0.4, -0.2) is 27.7 Å². The van der Waals surface area contributed by atoms with Crippen molar-refractivity contribution in [3.05, 3.63) is 77.8 Å². The fourth-order valence-corrected chi connectivity index (χ4v) is 4.01. The maximum atomic E-state index is 6.39. The summed E-state index contributed by atoms with van der Waals surface area (Å²) in [5.74, 6) is 0.866. The van der Waals surface area contributed by atoms with Crippen molar-refractivity contribution in [2.45, 2.75) is 58.1 Å². The average molecular weight is 470 g/mol.